The van der Waals surface area contributed by atoms with Crippen LogP contribution in [0.2, 0.25) is 0 Å². The standard InChI is InChI=1S/C16H32NO2.C13H27NO3.Y/c1-6-7-13-16(4,5)19-14(18)11-9-8-10-12-15(2,3)17;1-11(2,3)9-13(6,12(4,5)14)10(16)17-8-7-15;/h17H,6-13H2,1-5H3;15H,7-9,14H2,1-6H3;/q-1;;. The van der Waals surface area contributed by atoms with Gasteiger partial charge >= 0.3 is 11.9 Å². The number of rotatable bonds is 15. The first-order valence-corrected chi connectivity index (χ1v) is 13.6. The quantitative estimate of drug-likeness (QED) is 0.154. The molecule has 0 aromatic carbocycles. The molecule has 0 heterocycles. The molecule has 7 nitrogen and oxygen atoms in total. The molecule has 0 aromatic rings. The van der Waals surface area contributed by atoms with Crippen LogP contribution in [0.15, 0.2) is 0 Å². The summed E-state index contributed by atoms with van der Waals surface area (Å²) in [6, 6.07) is 0. The number of nitrogens with one attached hydrogen (secondary N) is 1. The molecule has 0 saturated heterocycles. The van der Waals surface area contributed by atoms with Crippen LogP contribution in [-0.2, 0) is 51.8 Å². The minimum absolute atomic E-state index is 0. The number of nitrogens with two attached hydrogens (primary N) is 1. The molecule has 0 aliphatic heterocycles. The van der Waals surface area contributed by atoms with Crippen LogP contribution in [0.4, 0.5) is 0 Å². The molecule has 8 heteroatoms. The zero-order chi connectivity index (χ0) is 28.8. The summed E-state index contributed by atoms with van der Waals surface area (Å²) in [7, 11) is 0. The number of aliphatic hydroxyl groups excluding tert-OH is 1. The van der Waals surface area contributed by atoms with Gasteiger partial charge in [0.05, 0.1) is 12.0 Å². The van der Waals surface area contributed by atoms with E-state index in [0.717, 1.165) is 44.9 Å². The predicted octanol–water partition coefficient (Wildman–Crippen LogP) is 6.98. The number of carbonyl (C=O) groups excluding carboxylic acids is 2. The predicted molar refractivity (Wildman–Crippen MR) is 150 cm³/mol. The van der Waals surface area contributed by atoms with Gasteiger partial charge in [-0.25, -0.2) is 0 Å². The summed E-state index contributed by atoms with van der Waals surface area (Å²) in [5, 5.41) is 8.71. The third-order valence-electron chi connectivity index (χ3n) is 6.29. The van der Waals surface area contributed by atoms with Gasteiger partial charge in [-0.1, -0.05) is 67.2 Å². The minimum Gasteiger partial charge on any atom is -0.672 e. The second-order valence-corrected chi connectivity index (χ2v) is 13.4. The normalized spacial score (nSPS) is 14.0. The van der Waals surface area contributed by atoms with E-state index in [1.807, 2.05) is 48.5 Å². The molecule has 1 radical (unpaired) electrons. The Hall–Kier alpha value is -0.0761. The van der Waals surface area contributed by atoms with Crippen molar-refractivity contribution < 1.29 is 56.9 Å². The van der Waals surface area contributed by atoms with E-state index in [-0.39, 0.29) is 74.4 Å². The monoisotopic (exact) mass is 604 g/mol. The zero-order valence-electron chi connectivity index (χ0n) is 26.0. The fourth-order valence-corrected chi connectivity index (χ4v) is 3.95. The Balaban J connectivity index is -0.000000612. The largest absolute Gasteiger partial charge is 0.672 e. The van der Waals surface area contributed by atoms with Gasteiger partial charge in [0.1, 0.15) is 12.2 Å². The average molecular weight is 605 g/mol. The third kappa shape index (κ3) is 21.4. The Bertz CT molecular complexity index is 634. The summed E-state index contributed by atoms with van der Waals surface area (Å²) in [6.45, 7) is 21.5. The molecule has 0 bridgehead atoms. The molecule has 0 spiro atoms. The van der Waals surface area contributed by atoms with Gasteiger partial charge in [0, 0.05) is 44.7 Å². The first kappa shape index (κ1) is 41.4. The van der Waals surface area contributed by atoms with E-state index in [2.05, 4.69) is 27.7 Å². The molecular formula is C29H59N2O5Y-. The SMILES string of the molecule is CC(C)(C)CC(C)(C(=O)OCCO)C(C)(C)N.CCCCC(C)(C)OC(=O)CCCCCC(C)(C)[NH-].[Y]. The smallest absolute Gasteiger partial charge is 0.313 e. The van der Waals surface area contributed by atoms with E-state index in [0.29, 0.717) is 12.8 Å². The summed E-state index contributed by atoms with van der Waals surface area (Å²) in [5.74, 6) is -0.416. The van der Waals surface area contributed by atoms with Gasteiger partial charge in [0.25, 0.3) is 0 Å². The minimum atomic E-state index is -0.763. The van der Waals surface area contributed by atoms with Crippen molar-refractivity contribution in [2.45, 2.75) is 151 Å². The summed E-state index contributed by atoms with van der Waals surface area (Å²) in [4.78, 5) is 23.9. The van der Waals surface area contributed by atoms with Gasteiger partial charge in [0.15, 0.2) is 0 Å². The van der Waals surface area contributed by atoms with Crippen molar-refractivity contribution in [2.24, 2.45) is 16.6 Å². The topological polar surface area (TPSA) is 123 Å². The molecule has 1 unspecified atom stereocenters. The van der Waals surface area contributed by atoms with Gasteiger partial charge < -0.3 is 26.0 Å². The molecule has 219 valence electrons. The number of ether oxygens (including phenoxy) is 2. The van der Waals surface area contributed by atoms with Crippen LogP contribution in [0.1, 0.15) is 134 Å². The second kappa shape index (κ2) is 18.3. The molecule has 0 saturated carbocycles. The number of hydrogen-bond acceptors (Lipinski definition) is 6. The van der Waals surface area contributed by atoms with Crippen LogP contribution < -0.4 is 5.73 Å². The maximum absolute atomic E-state index is 12.1. The number of unbranched alkanes of at least 4 members (excludes halogenated alkanes) is 3. The maximum atomic E-state index is 12.1. The van der Waals surface area contributed by atoms with E-state index in [1.54, 1.807) is 0 Å². The van der Waals surface area contributed by atoms with Crippen molar-refractivity contribution in [3.63, 3.8) is 0 Å². The summed E-state index contributed by atoms with van der Waals surface area (Å²) < 4.78 is 10.6. The third-order valence-corrected chi connectivity index (χ3v) is 6.29. The van der Waals surface area contributed by atoms with E-state index in [9.17, 15) is 9.59 Å². The molecule has 0 rings (SSSR count). The molecule has 1 atom stereocenters. The van der Waals surface area contributed by atoms with E-state index in [1.165, 1.54) is 0 Å². The number of esters is 2. The molecule has 37 heavy (non-hydrogen) atoms. The molecule has 4 N–H and O–H groups in total. The first-order chi connectivity index (χ1) is 16.1. The second-order valence-electron chi connectivity index (χ2n) is 13.4. The van der Waals surface area contributed by atoms with Crippen molar-refractivity contribution >= 4 is 11.9 Å². The van der Waals surface area contributed by atoms with Crippen LogP contribution in [0.3, 0.4) is 0 Å². The van der Waals surface area contributed by atoms with Gasteiger partial charge in [0.2, 0.25) is 0 Å². The summed E-state index contributed by atoms with van der Waals surface area (Å²) >= 11 is 0. The molecule has 0 aromatic heterocycles. The van der Waals surface area contributed by atoms with Gasteiger partial charge in [-0.2, -0.15) is 0 Å². The summed E-state index contributed by atoms with van der Waals surface area (Å²) in [5.41, 5.74) is 11.7. The van der Waals surface area contributed by atoms with E-state index >= 15 is 0 Å². The molecule has 0 aliphatic rings. The van der Waals surface area contributed by atoms with Crippen LogP contribution in [0, 0.1) is 10.8 Å². The first-order valence-electron chi connectivity index (χ1n) is 13.6. The Morgan fingerprint density at radius 3 is 1.81 bits per heavy atom. The molecular weight excluding hydrogens is 545 g/mol. The number of hydrogen-bond donors (Lipinski definition) is 2. The molecule has 0 aliphatic carbocycles. The summed E-state index contributed by atoms with van der Waals surface area (Å²) in [6.07, 6.45) is 8.09. The van der Waals surface area contributed by atoms with Crippen molar-refractivity contribution in [3.05, 3.63) is 5.73 Å². The Morgan fingerprint density at radius 1 is 0.865 bits per heavy atom. The van der Waals surface area contributed by atoms with Crippen molar-refractivity contribution in [1.29, 1.82) is 0 Å². The van der Waals surface area contributed by atoms with Gasteiger partial charge in [-0.15, -0.1) is 5.54 Å². The van der Waals surface area contributed by atoms with Crippen molar-refractivity contribution in [3.8, 4) is 0 Å². The Labute approximate surface area is 253 Å². The van der Waals surface area contributed by atoms with Crippen LogP contribution in [0.5, 0.6) is 0 Å². The van der Waals surface area contributed by atoms with Crippen LogP contribution in [0.25, 0.3) is 5.73 Å². The van der Waals surface area contributed by atoms with Gasteiger partial charge in [-0.3, -0.25) is 9.59 Å². The Morgan fingerprint density at radius 2 is 1.41 bits per heavy atom. The molecule has 0 fully saturated rings. The van der Waals surface area contributed by atoms with Crippen molar-refractivity contribution in [1.82, 2.24) is 0 Å². The number of carbonyl (C=O) groups is 2. The van der Waals surface area contributed by atoms with Crippen LogP contribution in [-0.4, -0.2) is 46.9 Å². The van der Waals surface area contributed by atoms with E-state index in [4.69, 9.17) is 26.0 Å². The van der Waals surface area contributed by atoms with Crippen LogP contribution >= 0.6 is 0 Å². The fourth-order valence-electron chi connectivity index (χ4n) is 3.95. The number of aliphatic hydroxyl groups is 1. The Kier molecular flexibility index (Phi) is 20.5. The maximum Gasteiger partial charge on any atom is 0.313 e. The fraction of sp³-hybridized carbons (Fsp3) is 0.931. The van der Waals surface area contributed by atoms with Crippen molar-refractivity contribution in [2.75, 3.05) is 13.2 Å². The average Bonchev–Trinajstić information content (AvgIpc) is 2.67. The van der Waals surface area contributed by atoms with E-state index < -0.39 is 11.0 Å². The van der Waals surface area contributed by atoms with Gasteiger partial charge in [-0.05, 0) is 65.7 Å². The molecule has 0 amide bonds. The zero-order valence-corrected chi connectivity index (χ0v) is 28.9.